The maximum atomic E-state index is 13.0. The highest BCUT2D eigenvalue weighted by atomic mass is 32.2. The Morgan fingerprint density at radius 1 is 1.09 bits per heavy atom. The van der Waals surface area contributed by atoms with Crippen molar-refractivity contribution in [3.05, 3.63) is 42.5 Å². The lowest BCUT2D eigenvalue weighted by Crippen LogP contribution is -2.25. The number of rotatable bonds is 5. The van der Waals surface area contributed by atoms with Crippen LogP contribution < -0.4 is 4.90 Å². The van der Waals surface area contributed by atoms with Crippen LogP contribution in [-0.4, -0.2) is 32.1 Å². The molecule has 0 aromatic heterocycles. The molecule has 2 aromatic carbocycles. The van der Waals surface area contributed by atoms with Crippen molar-refractivity contribution in [3.63, 3.8) is 0 Å². The number of para-hydroxylation sites is 1. The Balaban J connectivity index is 1.95. The summed E-state index contributed by atoms with van der Waals surface area (Å²) in [5.74, 6) is 0. The van der Waals surface area contributed by atoms with Gasteiger partial charge in [0.1, 0.15) is 0 Å². The minimum absolute atomic E-state index is 0.310. The molecule has 0 saturated carbocycles. The summed E-state index contributed by atoms with van der Waals surface area (Å²) in [7, 11) is 4.18. The second-order valence-electron chi connectivity index (χ2n) is 5.58. The van der Waals surface area contributed by atoms with Crippen LogP contribution in [0.2, 0.25) is 0 Å². The van der Waals surface area contributed by atoms with Crippen LogP contribution in [-0.2, 0) is 0 Å². The van der Waals surface area contributed by atoms with E-state index in [0.29, 0.717) is 17.0 Å². The lowest BCUT2D eigenvalue weighted by molar-refractivity contribution is 0.402. The third-order valence-electron chi connectivity index (χ3n) is 3.67. The van der Waals surface area contributed by atoms with Gasteiger partial charge in [-0.1, -0.05) is 23.9 Å². The molecule has 0 saturated heterocycles. The van der Waals surface area contributed by atoms with Gasteiger partial charge in [0.25, 0.3) is 0 Å². The van der Waals surface area contributed by atoms with Crippen molar-refractivity contribution in [2.75, 3.05) is 32.1 Å². The van der Waals surface area contributed by atoms with E-state index in [4.69, 9.17) is 0 Å². The molecule has 22 heavy (non-hydrogen) atoms. The Bertz CT molecular complexity index is 661. The summed E-state index contributed by atoms with van der Waals surface area (Å²) >= 11 is 2.07. The van der Waals surface area contributed by atoms with Gasteiger partial charge in [-0.25, -0.2) is 0 Å². The molecule has 1 aliphatic heterocycles. The predicted molar refractivity (Wildman–Crippen MR) is 94.1 cm³/mol. The monoisotopic (exact) mass is 334 g/mol. The molecular weight excluding hydrogens is 315 g/mol. The smallest absolute Gasteiger partial charge is 0.0812 e. The summed E-state index contributed by atoms with van der Waals surface area (Å²) in [6, 6.07) is 14.3. The third-order valence-corrected chi connectivity index (χ3v) is 5.24. The number of halogens is 1. The average molecular weight is 334 g/mol. The third kappa shape index (κ3) is 3.26. The van der Waals surface area contributed by atoms with Crippen LogP contribution in [0, 0.1) is 0 Å². The van der Waals surface area contributed by atoms with Crippen molar-refractivity contribution in [2.24, 2.45) is 0 Å². The Morgan fingerprint density at radius 3 is 2.64 bits per heavy atom. The van der Waals surface area contributed by atoms with Gasteiger partial charge in [-0.2, -0.15) is 3.89 Å². The van der Waals surface area contributed by atoms with Gasteiger partial charge in [-0.3, -0.25) is 0 Å². The molecule has 2 aromatic rings. The van der Waals surface area contributed by atoms with Crippen molar-refractivity contribution in [1.82, 2.24) is 4.90 Å². The number of hydrogen-bond acceptors (Lipinski definition) is 4. The van der Waals surface area contributed by atoms with Crippen LogP contribution in [0.5, 0.6) is 0 Å². The van der Waals surface area contributed by atoms with E-state index >= 15 is 0 Å². The minimum Gasteiger partial charge on any atom is -0.340 e. The van der Waals surface area contributed by atoms with E-state index < -0.39 is 0 Å². The van der Waals surface area contributed by atoms with Crippen molar-refractivity contribution >= 4 is 35.3 Å². The number of benzene rings is 2. The lowest BCUT2D eigenvalue weighted by atomic mass is 10.2. The molecule has 1 aliphatic rings. The quantitative estimate of drug-likeness (QED) is 0.739. The molecule has 0 fully saturated rings. The van der Waals surface area contributed by atoms with Crippen LogP contribution in [0.25, 0.3) is 0 Å². The van der Waals surface area contributed by atoms with E-state index in [1.807, 2.05) is 18.2 Å². The standard InChI is InChI=1S/C17H19FN2S2/c1-19(2)10-5-11-20-14-6-3-4-7-16(14)21-17-9-8-13(22-18)12-15(17)20/h3-4,6-9,12H,5,10-11H2,1-2H3. The van der Waals surface area contributed by atoms with Gasteiger partial charge in [-0.15, -0.1) is 0 Å². The molecular formula is C17H19FN2S2. The van der Waals surface area contributed by atoms with Gasteiger partial charge >= 0.3 is 0 Å². The zero-order chi connectivity index (χ0) is 15.5. The van der Waals surface area contributed by atoms with E-state index in [-0.39, 0.29) is 0 Å². The number of fused-ring (bicyclic) bond motifs is 2. The molecule has 0 spiro atoms. The highest BCUT2D eigenvalue weighted by Crippen LogP contribution is 2.49. The first-order valence-corrected chi connectivity index (χ1v) is 8.84. The first-order valence-electron chi connectivity index (χ1n) is 7.31. The SMILES string of the molecule is CN(C)CCCN1c2ccccc2Sc2ccc(SF)cc21. The summed E-state index contributed by atoms with van der Waals surface area (Å²) in [6.45, 7) is 1.97. The summed E-state index contributed by atoms with van der Waals surface area (Å²) in [5, 5.41) is 0. The second-order valence-corrected chi connectivity index (χ2v) is 7.29. The van der Waals surface area contributed by atoms with Crippen LogP contribution >= 0.6 is 23.9 Å². The number of anilines is 2. The Labute approximate surface area is 140 Å². The maximum absolute atomic E-state index is 13.0. The summed E-state index contributed by atoms with van der Waals surface area (Å²) in [4.78, 5) is 7.64. The topological polar surface area (TPSA) is 6.48 Å². The summed E-state index contributed by atoms with van der Waals surface area (Å²) < 4.78 is 13.0. The van der Waals surface area contributed by atoms with Crippen LogP contribution in [0.3, 0.4) is 0 Å². The van der Waals surface area contributed by atoms with Gasteiger partial charge in [0.15, 0.2) is 0 Å². The van der Waals surface area contributed by atoms with Gasteiger partial charge in [0.05, 0.1) is 23.5 Å². The van der Waals surface area contributed by atoms with Crippen LogP contribution in [0.4, 0.5) is 15.3 Å². The fraction of sp³-hybridized carbons (Fsp3) is 0.294. The summed E-state index contributed by atoms with van der Waals surface area (Å²) in [5.41, 5.74) is 2.34. The van der Waals surface area contributed by atoms with E-state index in [1.165, 1.54) is 15.5 Å². The number of hydrogen-bond donors (Lipinski definition) is 0. The zero-order valence-electron chi connectivity index (χ0n) is 12.8. The zero-order valence-corrected chi connectivity index (χ0v) is 14.4. The lowest BCUT2D eigenvalue weighted by Gasteiger charge is -2.33. The Hall–Kier alpha value is -1.17. The highest BCUT2D eigenvalue weighted by Gasteiger charge is 2.23. The molecule has 116 valence electrons. The van der Waals surface area contributed by atoms with E-state index in [9.17, 15) is 3.89 Å². The Morgan fingerprint density at radius 2 is 1.86 bits per heavy atom. The Kier molecular flexibility index (Phi) is 4.96. The van der Waals surface area contributed by atoms with Gasteiger partial charge in [0.2, 0.25) is 0 Å². The van der Waals surface area contributed by atoms with Gasteiger partial charge < -0.3 is 9.80 Å². The minimum atomic E-state index is 0.310. The van der Waals surface area contributed by atoms with E-state index in [0.717, 1.165) is 25.2 Å². The van der Waals surface area contributed by atoms with E-state index in [1.54, 1.807) is 11.8 Å². The fourth-order valence-electron chi connectivity index (χ4n) is 2.64. The molecule has 0 N–H and O–H groups in total. The fourth-order valence-corrected chi connectivity index (χ4v) is 3.99. The highest BCUT2D eigenvalue weighted by molar-refractivity contribution is 7.99. The average Bonchev–Trinajstić information content (AvgIpc) is 2.53. The molecule has 3 rings (SSSR count). The molecule has 1 heterocycles. The molecule has 0 aliphatic carbocycles. The predicted octanol–water partition coefficient (Wildman–Crippen LogP) is 5.22. The summed E-state index contributed by atoms with van der Waals surface area (Å²) in [6.07, 6.45) is 1.07. The van der Waals surface area contributed by atoms with Crippen LogP contribution in [0.15, 0.2) is 57.2 Å². The molecule has 0 unspecified atom stereocenters. The van der Waals surface area contributed by atoms with Crippen molar-refractivity contribution in [3.8, 4) is 0 Å². The van der Waals surface area contributed by atoms with Gasteiger partial charge in [0, 0.05) is 21.2 Å². The first-order chi connectivity index (χ1) is 10.7. The van der Waals surface area contributed by atoms with E-state index in [2.05, 4.69) is 48.2 Å². The molecule has 0 amide bonds. The van der Waals surface area contributed by atoms with Crippen molar-refractivity contribution in [1.29, 1.82) is 0 Å². The van der Waals surface area contributed by atoms with Crippen molar-refractivity contribution < 1.29 is 3.89 Å². The normalized spacial score (nSPS) is 13.2. The molecule has 0 radical (unpaired) electrons. The second kappa shape index (κ2) is 6.94. The van der Waals surface area contributed by atoms with Gasteiger partial charge in [-0.05, 0) is 57.4 Å². The molecule has 0 bridgehead atoms. The molecule has 0 atom stereocenters. The largest absolute Gasteiger partial charge is 0.340 e. The van der Waals surface area contributed by atoms with Crippen molar-refractivity contribution in [2.45, 2.75) is 21.1 Å². The molecule has 2 nitrogen and oxygen atoms in total. The van der Waals surface area contributed by atoms with Crippen LogP contribution in [0.1, 0.15) is 6.42 Å². The number of nitrogens with zero attached hydrogens (tertiary/aromatic N) is 2. The maximum Gasteiger partial charge on any atom is 0.0812 e. The first kappa shape index (κ1) is 15.7. The molecule has 5 heteroatoms.